The number of nitrogens with zero attached hydrogens (tertiary/aromatic N) is 7. The Morgan fingerprint density at radius 1 is 0.190 bits per heavy atom. The zero-order valence-electron chi connectivity index (χ0n) is 42.8. The fraction of sp³-hybridized carbons (Fsp3) is 0. The van der Waals surface area contributed by atoms with E-state index in [1.54, 1.807) is 0 Å². The van der Waals surface area contributed by atoms with Gasteiger partial charge in [-0.1, -0.05) is 249 Å². The molecule has 79 heavy (non-hydrogen) atoms. The summed E-state index contributed by atoms with van der Waals surface area (Å²) in [5, 5.41) is 2.28. The van der Waals surface area contributed by atoms with Crippen molar-refractivity contribution in [1.82, 2.24) is 34.5 Å². The van der Waals surface area contributed by atoms with Crippen LogP contribution in [0.25, 0.3) is 140 Å². The second-order valence-corrected chi connectivity index (χ2v) is 19.5. The van der Waals surface area contributed by atoms with E-state index in [2.05, 4.69) is 168 Å². The van der Waals surface area contributed by atoms with Crippen LogP contribution in [0, 0.1) is 0 Å². The fourth-order valence-electron chi connectivity index (χ4n) is 10.6. The molecule has 3 aromatic heterocycles. The Kier molecular flexibility index (Phi) is 12.1. The second-order valence-electron chi connectivity index (χ2n) is 19.5. The van der Waals surface area contributed by atoms with Gasteiger partial charge in [-0.2, -0.15) is 0 Å². The Morgan fingerprint density at radius 3 is 0.696 bits per heavy atom. The first-order valence-corrected chi connectivity index (χ1v) is 26.4. The van der Waals surface area contributed by atoms with Gasteiger partial charge in [-0.05, 0) is 69.8 Å². The van der Waals surface area contributed by atoms with Gasteiger partial charge in [0.1, 0.15) is 0 Å². The van der Waals surface area contributed by atoms with E-state index in [9.17, 15) is 0 Å². The molecule has 7 nitrogen and oxygen atoms in total. The molecule has 7 heteroatoms. The Hall–Kier alpha value is -10.8. The largest absolute Gasteiger partial charge is 0.308 e. The third-order valence-electron chi connectivity index (χ3n) is 14.5. The van der Waals surface area contributed by atoms with Crippen LogP contribution in [0.1, 0.15) is 0 Å². The van der Waals surface area contributed by atoms with Gasteiger partial charge in [0.05, 0.1) is 11.0 Å². The van der Waals surface area contributed by atoms with Crippen molar-refractivity contribution in [3.63, 3.8) is 0 Å². The molecule has 0 aliphatic carbocycles. The van der Waals surface area contributed by atoms with Crippen LogP contribution in [-0.4, -0.2) is 34.5 Å². The summed E-state index contributed by atoms with van der Waals surface area (Å²) in [5.41, 5.74) is 17.6. The van der Waals surface area contributed by atoms with E-state index >= 15 is 0 Å². The molecule has 14 rings (SSSR count). The fourth-order valence-corrected chi connectivity index (χ4v) is 10.6. The molecular weight excluding hydrogens is 963 g/mol. The van der Waals surface area contributed by atoms with Gasteiger partial charge < -0.3 is 4.57 Å². The summed E-state index contributed by atoms with van der Waals surface area (Å²) in [4.78, 5) is 30.2. The van der Waals surface area contributed by atoms with Crippen molar-refractivity contribution < 1.29 is 0 Å². The Labute approximate surface area is 457 Å². The molecule has 0 spiro atoms. The standard InChI is InChI=1S/C72H47N7/c1-8-22-48(23-9-1)58-44-61(50-36-40-56(41-37-50)71-75-67(52-26-12-3-13-27-52)73-68(76-71)53-28-14-4-15-29-53)65-63(46-58)64-47-59(49-24-10-2-11-25-49)45-62(66(64)79(65)60-34-20-7-21-35-60)51-38-42-57(43-39-51)72-77-69(54-30-16-5-17-31-54)74-70(78-72)55-32-18-6-19-33-55/h1-47H. The zero-order chi connectivity index (χ0) is 52.5. The van der Waals surface area contributed by atoms with Crippen molar-refractivity contribution in [1.29, 1.82) is 0 Å². The van der Waals surface area contributed by atoms with Crippen LogP contribution in [0.5, 0.6) is 0 Å². The molecule has 0 saturated carbocycles. The van der Waals surface area contributed by atoms with E-state index in [-0.39, 0.29) is 0 Å². The van der Waals surface area contributed by atoms with Gasteiger partial charge in [0.15, 0.2) is 34.9 Å². The number of benzene rings is 11. The zero-order valence-corrected chi connectivity index (χ0v) is 42.8. The molecule has 14 aromatic rings. The predicted octanol–water partition coefficient (Wildman–Crippen LogP) is 17.8. The topological polar surface area (TPSA) is 82.3 Å². The first-order valence-electron chi connectivity index (χ1n) is 26.4. The molecule has 3 heterocycles. The number of rotatable bonds is 11. The lowest BCUT2D eigenvalue weighted by atomic mass is 9.93. The van der Waals surface area contributed by atoms with E-state index in [0.29, 0.717) is 34.9 Å². The van der Waals surface area contributed by atoms with Crippen molar-refractivity contribution in [2.75, 3.05) is 0 Å². The molecule has 0 aliphatic heterocycles. The highest BCUT2D eigenvalue weighted by Gasteiger charge is 2.24. The van der Waals surface area contributed by atoms with E-state index < -0.39 is 0 Å². The smallest absolute Gasteiger partial charge is 0.164 e. The van der Waals surface area contributed by atoms with Gasteiger partial charge in [-0.15, -0.1) is 0 Å². The average molecular weight is 1010 g/mol. The monoisotopic (exact) mass is 1010 g/mol. The van der Waals surface area contributed by atoms with Crippen molar-refractivity contribution >= 4 is 21.8 Å². The Morgan fingerprint density at radius 2 is 0.418 bits per heavy atom. The molecule has 0 amide bonds. The average Bonchev–Trinajstić information content (AvgIpc) is 4.05. The number of para-hydroxylation sites is 1. The molecule has 370 valence electrons. The number of fused-ring (bicyclic) bond motifs is 3. The van der Waals surface area contributed by atoms with Crippen LogP contribution in [-0.2, 0) is 0 Å². The molecule has 0 fully saturated rings. The first kappa shape index (κ1) is 46.7. The summed E-state index contributed by atoms with van der Waals surface area (Å²) >= 11 is 0. The molecule has 0 N–H and O–H groups in total. The van der Waals surface area contributed by atoms with E-state index in [4.69, 9.17) is 29.9 Å². The predicted molar refractivity (Wildman–Crippen MR) is 322 cm³/mol. The molecule has 0 bridgehead atoms. The van der Waals surface area contributed by atoms with Crippen molar-refractivity contribution in [3.05, 3.63) is 285 Å². The lowest BCUT2D eigenvalue weighted by Crippen LogP contribution is -2.00. The van der Waals surface area contributed by atoms with Gasteiger partial charge in [0.2, 0.25) is 0 Å². The van der Waals surface area contributed by atoms with Crippen LogP contribution < -0.4 is 0 Å². The highest BCUT2D eigenvalue weighted by Crippen LogP contribution is 2.46. The quantitative estimate of drug-likeness (QED) is 0.128. The van der Waals surface area contributed by atoms with Gasteiger partial charge >= 0.3 is 0 Å². The van der Waals surface area contributed by atoms with Gasteiger partial charge in [-0.3, -0.25) is 0 Å². The maximum atomic E-state index is 5.08. The van der Waals surface area contributed by atoms with Gasteiger partial charge in [-0.25, -0.2) is 29.9 Å². The van der Waals surface area contributed by atoms with E-state index in [1.165, 1.54) is 0 Å². The normalized spacial score (nSPS) is 11.3. The number of hydrogen-bond donors (Lipinski definition) is 0. The van der Waals surface area contributed by atoms with Crippen LogP contribution in [0.3, 0.4) is 0 Å². The van der Waals surface area contributed by atoms with Crippen molar-refractivity contribution in [3.8, 4) is 119 Å². The highest BCUT2D eigenvalue weighted by atomic mass is 15.0. The molecule has 0 unspecified atom stereocenters. The second kappa shape index (κ2) is 20.4. The summed E-state index contributed by atoms with van der Waals surface area (Å²) in [6, 6.07) is 99.4. The minimum absolute atomic E-state index is 0.605. The maximum absolute atomic E-state index is 5.08. The SMILES string of the molecule is c1ccc(-c2cc(-c3ccc(-c4nc(-c5ccccc5)nc(-c5ccccc5)n4)cc3)c3c(c2)c2cc(-c4ccccc4)cc(-c4ccc(-c5nc(-c6ccccc6)nc(-c6ccccc6)n5)cc4)c2n3-c2ccccc2)cc1. The maximum Gasteiger partial charge on any atom is 0.164 e. The van der Waals surface area contributed by atoms with Crippen LogP contribution in [0.4, 0.5) is 0 Å². The van der Waals surface area contributed by atoms with Crippen LogP contribution >= 0.6 is 0 Å². The number of hydrogen-bond acceptors (Lipinski definition) is 6. The molecule has 0 radical (unpaired) electrons. The summed E-state index contributed by atoms with van der Waals surface area (Å²) in [5.74, 6) is 3.71. The lowest BCUT2D eigenvalue weighted by molar-refractivity contribution is 1.07. The Bertz CT molecular complexity index is 4070. The van der Waals surface area contributed by atoms with Crippen LogP contribution in [0.15, 0.2) is 285 Å². The lowest BCUT2D eigenvalue weighted by Gasteiger charge is -2.16. The molecule has 0 aliphatic rings. The third-order valence-corrected chi connectivity index (χ3v) is 14.5. The molecule has 0 saturated heterocycles. The highest BCUT2D eigenvalue weighted by molar-refractivity contribution is 6.19. The summed E-state index contributed by atoms with van der Waals surface area (Å²) in [7, 11) is 0. The van der Waals surface area contributed by atoms with Crippen LogP contribution in [0.2, 0.25) is 0 Å². The van der Waals surface area contributed by atoms with E-state index in [0.717, 1.165) is 105 Å². The van der Waals surface area contributed by atoms with Gasteiger partial charge in [0, 0.05) is 61.0 Å². The third kappa shape index (κ3) is 9.11. The summed E-state index contributed by atoms with van der Waals surface area (Å²) in [6.07, 6.45) is 0. The first-order chi connectivity index (χ1) is 39.1. The number of aromatic nitrogens is 7. The Balaban J connectivity index is 0.984. The summed E-state index contributed by atoms with van der Waals surface area (Å²) in [6.45, 7) is 0. The molecule has 0 atom stereocenters. The van der Waals surface area contributed by atoms with Crippen molar-refractivity contribution in [2.24, 2.45) is 0 Å². The summed E-state index contributed by atoms with van der Waals surface area (Å²) < 4.78 is 2.47. The minimum atomic E-state index is 0.605. The molecule has 11 aromatic carbocycles. The van der Waals surface area contributed by atoms with E-state index in [1.807, 2.05) is 121 Å². The van der Waals surface area contributed by atoms with Crippen molar-refractivity contribution in [2.45, 2.75) is 0 Å². The minimum Gasteiger partial charge on any atom is -0.308 e. The van der Waals surface area contributed by atoms with Gasteiger partial charge in [0.25, 0.3) is 0 Å². The molecular formula is C72H47N7.